The molecule has 0 fully saturated rings. The third-order valence-electron chi connectivity index (χ3n) is 4.94. The first-order chi connectivity index (χ1) is 13.6. The molecule has 1 aliphatic heterocycles. The number of benzene rings is 1. The van der Waals surface area contributed by atoms with Crippen LogP contribution in [0.4, 0.5) is 5.69 Å². The summed E-state index contributed by atoms with van der Waals surface area (Å²) in [5, 5.41) is 4.73. The number of nitrogens with one attached hydrogen (secondary N) is 1. The molecule has 1 aliphatic carbocycles. The summed E-state index contributed by atoms with van der Waals surface area (Å²) in [6, 6.07) is 5.42. The van der Waals surface area contributed by atoms with Gasteiger partial charge in [0.2, 0.25) is 12.7 Å². The number of amides is 1. The van der Waals surface area contributed by atoms with Crippen LogP contribution in [0.15, 0.2) is 23.2 Å². The maximum atomic E-state index is 12.8. The van der Waals surface area contributed by atoms with Crippen molar-refractivity contribution in [2.75, 3.05) is 12.1 Å². The molecule has 2 aliphatic rings. The van der Waals surface area contributed by atoms with Crippen LogP contribution in [0.3, 0.4) is 0 Å². The van der Waals surface area contributed by atoms with E-state index in [4.69, 9.17) is 9.47 Å². The Kier molecular flexibility index (Phi) is 4.40. The monoisotopic (exact) mass is 413 g/mol. The lowest BCUT2D eigenvalue weighted by Gasteiger charge is -2.13. The third-order valence-corrected chi connectivity index (χ3v) is 7.21. The van der Waals surface area contributed by atoms with Crippen LogP contribution in [0.2, 0.25) is 0 Å². The predicted molar refractivity (Wildman–Crippen MR) is 111 cm³/mol. The molecule has 28 heavy (non-hydrogen) atoms. The molecule has 2 aromatic heterocycles. The molecule has 6 nitrogen and oxygen atoms in total. The van der Waals surface area contributed by atoms with E-state index >= 15 is 0 Å². The Hall–Kier alpha value is -2.32. The molecule has 0 unspecified atom stereocenters. The van der Waals surface area contributed by atoms with Gasteiger partial charge in [-0.25, -0.2) is 9.97 Å². The Balaban J connectivity index is 1.38. The van der Waals surface area contributed by atoms with Crippen LogP contribution in [-0.4, -0.2) is 27.9 Å². The highest BCUT2D eigenvalue weighted by Gasteiger charge is 2.25. The van der Waals surface area contributed by atoms with Crippen molar-refractivity contribution in [2.45, 2.75) is 43.4 Å². The van der Waals surface area contributed by atoms with Crippen LogP contribution in [0.5, 0.6) is 11.5 Å². The van der Waals surface area contributed by atoms with Crippen LogP contribution >= 0.6 is 23.1 Å². The molecule has 1 amide bonds. The van der Waals surface area contributed by atoms with E-state index in [0.29, 0.717) is 17.2 Å². The summed E-state index contributed by atoms with van der Waals surface area (Å²) in [5.41, 5.74) is 2.08. The Labute approximate surface area is 170 Å². The van der Waals surface area contributed by atoms with E-state index in [-0.39, 0.29) is 18.0 Å². The van der Waals surface area contributed by atoms with Crippen molar-refractivity contribution in [3.05, 3.63) is 34.5 Å². The summed E-state index contributed by atoms with van der Waals surface area (Å²) >= 11 is 3.27. The van der Waals surface area contributed by atoms with Crippen molar-refractivity contribution in [3.63, 3.8) is 0 Å². The number of hydrogen-bond donors (Lipinski definition) is 1. The van der Waals surface area contributed by atoms with Crippen molar-refractivity contribution < 1.29 is 14.3 Å². The molecule has 0 spiro atoms. The normalized spacial score (nSPS) is 15.6. The molecular formula is C20H19N3O3S2. The van der Waals surface area contributed by atoms with Crippen LogP contribution in [-0.2, 0) is 17.6 Å². The largest absolute Gasteiger partial charge is 0.454 e. The summed E-state index contributed by atoms with van der Waals surface area (Å²) < 4.78 is 10.7. The number of thiophene rings is 1. The lowest BCUT2D eigenvalue weighted by Crippen LogP contribution is -2.22. The molecule has 0 saturated carbocycles. The van der Waals surface area contributed by atoms with Crippen LogP contribution in [0, 0.1) is 6.92 Å². The molecule has 1 N–H and O–H groups in total. The molecule has 0 saturated heterocycles. The smallest absolute Gasteiger partial charge is 0.237 e. The van der Waals surface area contributed by atoms with E-state index in [0.717, 1.165) is 33.9 Å². The Morgan fingerprint density at radius 3 is 3.00 bits per heavy atom. The number of nitrogens with zero attached hydrogens (tertiary/aromatic N) is 2. The summed E-state index contributed by atoms with van der Waals surface area (Å²) in [6.45, 7) is 4.03. The van der Waals surface area contributed by atoms with Crippen LogP contribution < -0.4 is 14.8 Å². The van der Waals surface area contributed by atoms with E-state index < -0.39 is 0 Å². The van der Waals surface area contributed by atoms with Gasteiger partial charge in [0, 0.05) is 22.0 Å². The predicted octanol–water partition coefficient (Wildman–Crippen LogP) is 4.34. The maximum absolute atomic E-state index is 12.8. The zero-order valence-electron chi connectivity index (χ0n) is 15.6. The summed E-state index contributed by atoms with van der Waals surface area (Å²) in [5.74, 6) is 2.03. The summed E-state index contributed by atoms with van der Waals surface area (Å²) in [7, 11) is 0. The lowest BCUT2D eigenvalue weighted by atomic mass is 10.2. The van der Waals surface area contributed by atoms with Gasteiger partial charge in [-0.05, 0) is 50.8 Å². The standard InChI is InChI=1S/C20H19N3O3S2/c1-10(18(24)23-12-6-7-14-15(8-12)26-9-25-14)27-19-17-13-4-3-5-16(13)28-20(17)22-11(2)21-19/h6-8,10H,3-5,9H2,1-2H3,(H,23,24)/t10-/m1/s1. The second-order valence-corrected chi connectivity index (χ2v) is 9.34. The van der Waals surface area contributed by atoms with E-state index in [1.54, 1.807) is 17.4 Å². The number of thioether (sulfide) groups is 1. The van der Waals surface area contributed by atoms with Gasteiger partial charge in [-0.15, -0.1) is 11.3 Å². The number of aromatic nitrogens is 2. The maximum Gasteiger partial charge on any atom is 0.237 e. The van der Waals surface area contributed by atoms with Crippen molar-refractivity contribution >= 4 is 44.9 Å². The zero-order chi connectivity index (χ0) is 19.3. The van der Waals surface area contributed by atoms with Crippen LogP contribution in [0.1, 0.15) is 29.6 Å². The molecule has 3 aromatic rings. The fourth-order valence-electron chi connectivity index (χ4n) is 3.59. The Morgan fingerprint density at radius 1 is 1.25 bits per heavy atom. The second kappa shape index (κ2) is 6.93. The highest BCUT2D eigenvalue weighted by Crippen LogP contribution is 2.41. The molecule has 0 radical (unpaired) electrons. The Bertz CT molecular complexity index is 1100. The highest BCUT2D eigenvalue weighted by molar-refractivity contribution is 8.00. The average Bonchev–Trinajstić information content (AvgIpc) is 3.36. The fraction of sp³-hybridized carbons (Fsp3) is 0.350. The highest BCUT2D eigenvalue weighted by atomic mass is 32.2. The van der Waals surface area contributed by atoms with Crippen molar-refractivity contribution in [1.29, 1.82) is 0 Å². The average molecular weight is 414 g/mol. The molecule has 1 aromatic carbocycles. The molecule has 8 heteroatoms. The first-order valence-electron chi connectivity index (χ1n) is 9.24. The number of carbonyl (C=O) groups is 1. The quantitative estimate of drug-likeness (QED) is 0.507. The first kappa shape index (κ1) is 17.8. The summed E-state index contributed by atoms with van der Waals surface area (Å²) in [4.78, 5) is 24.5. The van der Waals surface area contributed by atoms with Gasteiger partial charge < -0.3 is 14.8 Å². The van der Waals surface area contributed by atoms with Crippen molar-refractivity contribution in [3.8, 4) is 11.5 Å². The van der Waals surface area contributed by atoms with Gasteiger partial charge in [0.1, 0.15) is 15.7 Å². The van der Waals surface area contributed by atoms with Gasteiger partial charge in [-0.1, -0.05) is 11.8 Å². The SMILES string of the molecule is Cc1nc(S[C@H](C)C(=O)Nc2ccc3c(c2)OCO3)c2c3c(sc2n1)CCC3. The number of aryl methyl sites for hydroxylation is 3. The fourth-order valence-corrected chi connectivity index (χ4v) is 5.98. The number of hydrogen-bond acceptors (Lipinski definition) is 7. The van der Waals surface area contributed by atoms with Gasteiger partial charge in [0.25, 0.3) is 0 Å². The minimum absolute atomic E-state index is 0.0693. The molecular weight excluding hydrogens is 394 g/mol. The molecule has 5 rings (SSSR count). The Morgan fingerprint density at radius 2 is 2.11 bits per heavy atom. The minimum Gasteiger partial charge on any atom is -0.454 e. The van der Waals surface area contributed by atoms with Crippen LogP contribution in [0.25, 0.3) is 10.2 Å². The first-order valence-corrected chi connectivity index (χ1v) is 10.9. The van der Waals surface area contributed by atoms with E-state index in [2.05, 4.69) is 15.3 Å². The summed E-state index contributed by atoms with van der Waals surface area (Å²) in [6.07, 6.45) is 3.39. The van der Waals surface area contributed by atoms with Gasteiger partial charge in [0.15, 0.2) is 11.5 Å². The minimum atomic E-state index is -0.292. The van der Waals surface area contributed by atoms with Crippen molar-refractivity contribution in [1.82, 2.24) is 9.97 Å². The van der Waals surface area contributed by atoms with E-state index in [1.807, 2.05) is 26.0 Å². The molecule has 144 valence electrons. The van der Waals surface area contributed by atoms with Gasteiger partial charge in [-0.3, -0.25) is 4.79 Å². The topological polar surface area (TPSA) is 73.3 Å². The van der Waals surface area contributed by atoms with Gasteiger partial charge in [0.05, 0.1) is 5.25 Å². The zero-order valence-corrected chi connectivity index (χ0v) is 17.2. The molecule has 3 heterocycles. The van der Waals surface area contributed by atoms with E-state index in [1.165, 1.54) is 28.6 Å². The molecule has 0 bridgehead atoms. The number of anilines is 1. The number of carbonyl (C=O) groups excluding carboxylic acids is 1. The van der Waals surface area contributed by atoms with Crippen molar-refractivity contribution in [2.24, 2.45) is 0 Å². The molecule has 1 atom stereocenters. The lowest BCUT2D eigenvalue weighted by molar-refractivity contribution is -0.115. The number of fused-ring (bicyclic) bond motifs is 4. The second-order valence-electron chi connectivity index (χ2n) is 6.93. The van der Waals surface area contributed by atoms with E-state index in [9.17, 15) is 4.79 Å². The third kappa shape index (κ3) is 3.10. The number of ether oxygens (including phenoxy) is 2. The number of rotatable bonds is 4. The van der Waals surface area contributed by atoms with Gasteiger partial charge in [-0.2, -0.15) is 0 Å². The van der Waals surface area contributed by atoms with Gasteiger partial charge >= 0.3 is 0 Å².